The average Bonchev–Trinajstić information content (AvgIpc) is 3.04. The van der Waals surface area contributed by atoms with Crippen molar-refractivity contribution in [3.8, 4) is 0 Å². The van der Waals surface area contributed by atoms with E-state index in [0.29, 0.717) is 0 Å². The van der Waals surface area contributed by atoms with Crippen LogP contribution in [0, 0.1) is 0 Å². The summed E-state index contributed by atoms with van der Waals surface area (Å²) in [6, 6.07) is 20.8. The van der Waals surface area contributed by atoms with Crippen LogP contribution in [0.3, 0.4) is 0 Å². The van der Waals surface area contributed by atoms with E-state index in [1.807, 2.05) is 12.1 Å². The molecule has 5 nitrogen and oxygen atoms in total. The Kier molecular flexibility index (Phi) is 6.93. The maximum Gasteiger partial charge on any atom is 0.261 e. The van der Waals surface area contributed by atoms with Crippen LogP contribution in [0.2, 0.25) is 5.04 Å². The summed E-state index contributed by atoms with van der Waals surface area (Å²) in [4.78, 5) is 0. The van der Waals surface area contributed by atoms with Crippen molar-refractivity contribution in [3.05, 3.63) is 60.7 Å². The average molecular weight is 417 g/mol. The number of rotatable bonds is 7. The van der Waals surface area contributed by atoms with Crippen molar-refractivity contribution in [3.63, 3.8) is 0 Å². The Bertz CT molecular complexity index is 722. The maximum absolute atomic E-state index is 10.7. The van der Waals surface area contributed by atoms with Gasteiger partial charge in [0, 0.05) is 14.2 Å². The second-order valence-corrected chi connectivity index (χ2v) is 12.7. The molecule has 1 aliphatic heterocycles. The van der Waals surface area contributed by atoms with E-state index < -0.39 is 32.9 Å². The van der Waals surface area contributed by atoms with Gasteiger partial charge in [-0.05, 0) is 15.4 Å². The van der Waals surface area contributed by atoms with Crippen LogP contribution in [0.4, 0.5) is 0 Å². The lowest BCUT2D eigenvalue weighted by molar-refractivity contribution is -0.158. The number of hydrogen-bond donors (Lipinski definition) is 1. The zero-order valence-corrected chi connectivity index (χ0v) is 18.9. The first-order valence-corrected chi connectivity index (χ1v) is 11.9. The Labute approximate surface area is 174 Å². The molecule has 3 rings (SSSR count). The number of hydrogen-bond acceptors (Lipinski definition) is 5. The Morgan fingerprint density at radius 1 is 0.897 bits per heavy atom. The van der Waals surface area contributed by atoms with E-state index in [-0.39, 0.29) is 11.6 Å². The molecule has 2 aromatic carbocycles. The van der Waals surface area contributed by atoms with Crippen LogP contribution in [-0.2, 0) is 18.6 Å². The van der Waals surface area contributed by atoms with Gasteiger partial charge in [0.2, 0.25) is 0 Å². The lowest BCUT2D eigenvalue weighted by Crippen LogP contribution is -2.67. The first kappa shape index (κ1) is 22.1. The predicted molar refractivity (Wildman–Crippen MR) is 116 cm³/mol. The Morgan fingerprint density at radius 3 is 1.79 bits per heavy atom. The van der Waals surface area contributed by atoms with Crippen molar-refractivity contribution in [2.75, 3.05) is 20.8 Å². The highest BCUT2D eigenvalue weighted by molar-refractivity contribution is 6.99. The smallest absolute Gasteiger partial charge is 0.261 e. The van der Waals surface area contributed by atoms with E-state index in [1.165, 1.54) is 10.4 Å². The van der Waals surface area contributed by atoms with E-state index in [2.05, 4.69) is 69.3 Å². The number of aliphatic hydroxyl groups excluding tert-OH is 1. The normalized spacial score (nSPS) is 25.3. The van der Waals surface area contributed by atoms with Gasteiger partial charge < -0.3 is 23.7 Å². The second kappa shape index (κ2) is 9.08. The molecule has 0 amide bonds. The van der Waals surface area contributed by atoms with Gasteiger partial charge in [-0.2, -0.15) is 0 Å². The molecule has 1 saturated heterocycles. The molecule has 6 heteroatoms. The van der Waals surface area contributed by atoms with Crippen molar-refractivity contribution in [1.29, 1.82) is 0 Å². The molecule has 1 fully saturated rings. The quantitative estimate of drug-likeness (QED) is 0.702. The van der Waals surface area contributed by atoms with E-state index in [9.17, 15) is 5.11 Å². The molecule has 0 aliphatic carbocycles. The summed E-state index contributed by atoms with van der Waals surface area (Å²) in [5.41, 5.74) is 0. The Morgan fingerprint density at radius 2 is 1.41 bits per heavy atom. The number of ether oxygens (including phenoxy) is 3. The van der Waals surface area contributed by atoms with E-state index in [4.69, 9.17) is 18.6 Å². The SMILES string of the molecule is CO[C@H]1O[C@H](CO[Si](c2ccccc2)(c2ccccc2)C(C)(C)C)[C@@H](O)[C@@H]1OC. The van der Waals surface area contributed by atoms with Gasteiger partial charge in [-0.25, -0.2) is 0 Å². The third-order valence-electron chi connectivity index (χ3n) is 5.68. The van der Waals surface area contributed by atoms with E-state index in [1.54, 1.807) is 14.2 Å². The molecule has 2 aromatic rings. The van der Waals surface area contributed by atoms with Gasteiger partial charge in [0.1, 0.15) is 18.3 Å². The van der Waals surface area contributed by atoms with Crippen LogP contribution in [-0.4, -0.2) is 58.9 Å². The summed E-state index contributed by atoms with van der Waals surface area (Å²) in [5.74, 6) is 0. The van der Waals surface area contributed by atoms with Gasteiger partial charge in [-0.1, -0.05) is 81.4 Å². The van der Waals surface area contributed by atoms with E-state index >= 15 is 0 Å². The van der Waals surface area contributed by atoms with Crippen LogP contribution in [0.25, 0.3) is 0 Å². The molecule has 158 valence electrons. The third kappa shape index (κ3) is 4.19. The molecule has 4 atom stereocenters. The highest BCUT2D eigenvalue weighted by Gasteiger charge is 2.52. The van der Waals surface area contributed by atoms with Gasteiger partial charge in [0.15, 0.2) is 6.29 Å². The first-order chi connectivity index (χ1) is 13.8. The third-order valence-corrected chi connectivity index (χ3v) is 10.7. The van der Waals surface area contributed by atoms with Crippen LogP contribution >= 0.6 is 0 Å². The molecule has 0 spiro atoms. The molecule has 1 N–H and O–H groups in total. The van der Waals surface area contributed by atoms with Crippen LogP contribution in [0.1, 0.15) is 20.8 Å². The van der Waals surface area contributed by atoms with Crippen molar-refractivity contribution in [2.45, 2.75) is 50.4 Å². The molecule has 0 aromatic heterocycles. The Balaban J connectivity index is 1.99. The summed E-state index contributed by atoms with van der Waals surface area (Å²) >= 11 is 0. The summed E-state index contributed by atoms with van der Waals surface area (Å²) in [6.07, 6.45) is -2.48. The zero-order chi connectivity index (χ0) is 21.1. The van der Waals surface area contributed by atoms with E-state index in [0.717, 1.165) is 0 Å². The fourth-order valence-electron chi connectivity index (χ4n) is 4.25. The van der Waals surface area contributed by atoms with Gasteiger partial charge in [0.05, 0.1) is 6.61 Å². The number of methoxy groups -OCH3 is 2. The fourth-order valence-corrected chi connectivity index (χ4v) is 8.82. The molecule has 0 saturated carbocycles. The van der Waals surface area contributed by atoms with Crippen LogP contribution in [0.5, 0.6) is 0 Å². The fraction of sp³-hybridized carbons (Fsp3) is 0.478. The molecular formula is C23H32O5Si. The summed E-state index contributed by atoms with van der Waals surface area (Å²) in [6.45, 7) is 6.93. The minimum atomic E-state index is -2.68. The minimum absolute atomic E-state index is 0.138. The Hall–Kier alpha value is -1.54. The molecule has 29 heavy (non-hydrogen) atoms. The second-order valence-electron chi connectivity index (χ2n) is 8.44. The highest BCUT2D eigenvalue weighted by Crippen LogP contribution is 2.37. The summed E-state index contributed by atoms with van der Waals surface area (Å²) < 4.78 is 23.5. The molecule has 1 heterocycles. The maximum atomic E-state index is 10.7. The first-order valence-electron chi connectivity index (χ1n) is 9.99. The van der Waals surface area contributed by atoms with Crippen molar-refractivity contribution in [2.24, 2.45) is 0 Å². The van der Waals surface area contributed by atoms with Gasteiger partial charge in [0.25, 0.3) is 8.32 Å². The lowest BCUT2D eigenvalue weighted by Gasteiger charge is -2.43. The van der Waals surface area contributed by atoms with Gasteiger partial charge >= 0.3 is 0 Å². The van der Waals surface area contributed by atoms with Gasteiger partial charge in [-0.3, -0.25) is 0 Å². The highest BCUT2D eigenvalue weighted by atomic mass is 28.4. The topological polar surface area (TPSA) is 57.2 Å². The predicted octanol–water partition coefficient (Wildman–Crippen LogP) is 2.31. The number of aliphatic hydroxyl groups is 1. The standard InChI is InChI=1S/C23H32O5Si/c1-23(2,3)29(17-12-8-6-9-13-17,18-14-10-7-11-15-18)27-16-19-20(24)21(25-4)22(26-5)28-19/h6-15,19-22,24H,16H2,1-5H3/t19-,20-,21+,22+/m1/s1. The number of benzene rings is 2. The largest absolute Gasteiger partial charge is 0.405 e. The summed E-state index contributed by atoms with van der Waals surface area (Å²) in [7, 11) is 0.417. The molecule has 0 bridgehead atoms. The molecule has 0 radical (unpaired) electrons. The van der Waals surface area contributed by atoms with Crippen LogP contribution in [0.15, 0.2) is 60.7 Å². The lowest BCUT2D eigenvalue weighted by atomic mass is 10.1. The van der Waals surface area contributed by atoms with Crippen molar-refractivity contribution < 1.29 is 23.7 Å². The van der Waals surface area contributed by atoms with Crippen LogP contribution < -0.4 is 10.4 Å². The van der Waals surface area contributed by atoms with Gasteiger partial charge in [-0.15, -0.1) is 0 Å². The molecular weight excluding hydrogens is 384 g/mol. The summed E-state index contributed by atoms with van der Waals surface area (Å²) in [5, 5.41) is 12.9. The van der Waals surface area contributed by atoms with Crippen molar-refractivity contribution >= 4 is 18.7 Å². The molecule has 0 unspecified atom stereocenters. The monoisotopic (exact) mass is 416 g/mol. The minimum Gasteiger partial charge on any atom is -0.405 e. The zero-order valence-electron chi connectivity index (χ0n) is 17.9. The van der Waals surface area contributed by atoms with Crippen molar-refractivity contribution in [1.82, 2.24) is 0 Å². The molecule has 1 aliphatic rings.